The number of aliphatic imine (C=N–C) groups is 1. The predicted octanol–water partition coefficient (Wildman–Crippen LogP) is 1.14. The van der Waals surface area contributed by atoms with E-state index in [0.717, 1.165) is 0 Å². The number of nitrogens with two attached hydrogens (primary N) is 1. The Hall–Kier alpha value is 0.160. The maximum absolute atomic E-state index is 9.22. The molecule has 0 aliphatic rings. The Morgan fingerprint density at radius 2 is 2.00 bits per heavy atom. The molecule has 0 aliphatic carbocycles. The van der Waals surface area contributed by atoms with Crippen LogP contribution in [0.4, 0.5) is 0 Å². The van der Waals surface area contributed by atoms with Crippen molar-refractivity contribution in [2.45, 2.75) is 32.8 Å². The SMILES string of the molecule is CC(N)=NCCC(C)(C)O.I. The molecule has 0 radical (unpaired) electrons. The summed E-state index contributed by atoms with van der Waals surface area (Å²) in [6.07, 6.45) is 0.654. The number of nitrogens with zero attached hydrogens (tertiary/aromatic N) is 1. The summed E-state index contributed by atoms with van der Waals surface area (Å²) in [4.78, 5) is 3.94. The van der Waals surface area contributed by atoms with E-state index in [0.29, 0.717) is 18.8 Å². The van der Waals surface area contributed by atoms with Gasteiger partial charge in [0.25, 0.3) is 0 Å². The molecule has 0 fully saturated rings. The van der Waals surface area contributed by atoms with Gasteiger partial charge < -0.3 is 10.8 Å². The fraction of sp³-hybridized carbons (Fsp3) is 0.857. The number of rotatable bonds is 3. The zero-order valence-corrected chi connectivity index (χ0v) is 9.62. The van der Waals surface area contributed by atoms with Crippen LogP contribution < -0.4 is 5.73 Å². The van der Waals surface area contributed by atoms with Gasteiger partial charge in [0.15, 0.2) is 0 Å². The van der Waals surface area contributed by atoms with Gasteiger partial charge >= 0.3 is 0 Å². The van der Waals surface area contributed by atoms with Crippen LogP contribution in [0.15, 0.2) is 4.99 Å². The minimum Gasteiger partial charge on any atom is -0.390 e. The Morgan fingerprint density at radius 3 is 2.27 bits per heavy atom. The maximum Gasteiger partial charge on any atom is 0.0905 e. The lowest BCUT2D eigenvalue weighted by Crippen LogP contribution is -2.20. The van der Waals surface area contributed by atoms with Crippen LogP contribution in [0.2, 0.25) is 0 Å². The summed E-state index contributed by atoms with van der Waals surface area (Å²) in [6.45, 7) is 5.86. The van der Waals surface area contributed by atoms with Crippen LogP contribution in [0.5, 0.6) is 0 Å². The van der Waals surface area contributed by atoms with Crippen LogP contribution in [0.25, 0.3) is 0 Å². The highest BCUT2D eigenvalue weighted by molar-refractivity contribution is 14.0. The van der Waals surface area contributed by atoms with Crippen molar-refractivity contribution in [3.63, 3.8) is 0 Å². The molecule has 0 rings (SSSR count). The summed E-state index contributed by atoms with van der Waals surface area (Å²) in [5.41, 5.74) is 4.66. The van der Waals surface area contributed by atoms with Crippen molar-refractivity contribution in [3.8, 4) is 0 Å². The molecule has 3 nitrogen and oxygen atoms in total. The molecule has 68 valence electrons. The first kappa shape index (κ1) is 13.7. The predicted molar refractivity (Wildman–Crippen MR) is 58.5 cm³/mol. The first-order valence-corrected chi connectivity index (χ1v) is 3.41. The van der Waals surface area contributed by atoms with Gasteiger partial charge in [-0.2, -0.15) is 0 Å². The highest BCUT2D eigenvalue weighted by Crippen LogP contribution is 2.05. The van der Waals surface area contributed by atoms with E-state index in [-0.39, 0.29) is 24.0 Å². The van der Waals surface area contributed by atoms with Gasteiger partial charge in [-0.1, -0.05) is 0 Å². The highest BCUT2D eigenvalue weighted by Gasteiger charge is 2.10. The summed E-state index contributed by atoms with van der Waals surface area (Å²) in [6, 6.07) is 0. The van der Waals surface area contributed by atoms with Gasteiger partial charge in [-0.15, -0.1) is 24.0 Å². The molecule has 0 saturated carbocycles. The quantitative estimate of drug-likeness (QED) is 0.460. The third kappa shape index (κ3) is 13.2. The fourth-order valence-corrected chi connectivity index (χ4v) is 0.506. The van der Waals surface area contributed by atoms with Gasteiger partial charge in [0, 0.05) is 6.54 Å². The molecule has 0 aromatic rings. The van der Waals surface area contributed by atoms with Crippen LogP contribution in [-0.2, 0) is 0 Å². The van der Waals surface area contributed by atoms with E-state index in [1.807, 2.05) is 0 Å². The molecule has 3 N–H and O–H groups in total. The Bertz CT molecular complexity index is 125. The van der Waals surface area contributed by atoms with E-state index in [4.69, 9.17) is 5.73 Å². The molecular weight excluding hydrogens is 255 g/mol. The number of hydrogen-bond donors (Lipinski definition) is 2. The van der Waals surface area contributed by atoms with E-state index in [1.165, 1.54) is 0 Å². The largest absolute Gasteiger partial charge is 0.390 e. The Balaban J connectivity index is 0. The first-order valence-electron chi connectivity index (χ1n) is 3.41. The first-order chi connectivity index (χ1) is 4.42. The number of amidine groups is 1. The van der Waals surface area contributed by atoms with E-state index >= 15 is 0 Å². The molecule has 0 spiro atoms. The molecular formula is C7H17IN2O. The lowest BCUT2D eigenvalue weighted by molar-refractivity contribution is 0.0739. The van der Waals surface area contributed by atoms with Gasteiger partial charge in [0.2, 0.25) is 0 Å². The van der Waals surface area contributed by atoms with Gasteiger partial charge in [-0.3, -0.25) is 4.99 Å². The van der Waals surface area contributed by atoms with E-state index < -0.39 is 5.60 Å². The lowest BCUT2D eigenvalue weighted by atomic mass is 10.1. The number of hydrogen-bond acceptors (Lipinski definition) is 2. The molecule has 0 heterocycles. The molecule has 0 atom stereocenters. The second kappa shape index (κ2) is 5.77. The summed E-state index contributed by atoms with van der Waals surface area (Å²) >= 11 is 0. The zero-order valence-electron chi connectivity index (χ0n) is 7.29. The van der Waals surface area contributed by atoms with Crippen molar-refractivity contribution >= 4 is 29.8 Å². The van der Waals surface area contributed by atoms with Crippen LogP contribution in [0.1, 0.15) is 27.2 Å². The highest BCUT2D eigenvalue weighted by atomic mass is 127. The van der Waals surface area contributed by atoms with Crippen LogP contribution in [0.3, 0.4) is 0 Å². The second-order valence-electron chi connectivity index (χ2n) is 3.09. The zero-order chi connectivity index (χ0) is 8.20. The van der Waals surface area contributed by atoms with Gasteiger partial charge in [-0.05, 0) is 27.2 Å². The molecule has 0 aromatic carbocycles. The molecule has 11 heavy (non-hydrogen) atoms. The normalized spacial score (nSPS) is 12.5. The fourth-order valence-electron chi connectivity index (χ4n) is 0.506. The number of halogens is 1. The van der Waals surface area contributed by atoms with Crippen molar-refractivity contribution in [2.24, 2.45) is 10.7 Å². The van der Waals surface area contributed by atoms with E-state index in [2.05, 4.69) is 4.99 Å². The standard InChI is InChI=1S/C7H16N2O.HI/c1-6(8)9-5-4-7(2,3)10;/h10H,4-5H2,1-3H3,(H2,8,9);1H. The van der Waals surface area contributed by atoms with Crippen molar-refractivity contribution < 1.29 is 5.11 Å². The second-order valence-corrected chi connectivity index (χ2v) is 3.09. The van der Waals surface area contributed by atoms with E-state index in [1.54, 1.807) is 20.8 Å². The van der Waals surface area contributed by atoms with Gasteiger partial charge in [0.05, 0.1) is 11.4 Å². The van der Waals surface area contributed by atoms with Crippen LogP contribution >= 0.6 is 24.0 Å². The lowest BCUT2D eigenvalue weighted by Gasteiger charge is -2.14. The molecule has 0 saturated heterocycles. The minimum atomic E-state index is -0.626. The minimum absolute atomic E-state index is 0. The molecule has 0 bridgehead atoms. The maximum atomic E-state index is 9.22. The van der Waals surface area contributed by atoms with Gasteiger partial charge in [0.1, 0.15) is 0 Å². The topological polar surface area (TPSA) is 58.6 Å². The van der Waals surface area contributed by atoms with Crippen molar-refractivity contribution in [1.82, 2.24) is 0 Å². The molecule has 0 amide bonds. The summed E-state index contributed by atoms with van der Waals surface area (Å²) < 4.78 is 0. The molecule has 4 heteroatoms. The Labute approximate surface area is 85.1 Å². The molecule has 0 unspecified atom stereocenters. The summed E-state index contributed by atoms with van der Waals surface area (Å²) in [7, 11) is 0. The third-order valence-corrected chi connectivity index (χ3v) is 1.08. The Kier molecular flexibility index (Phi) is 7.20. The Morgan fingerprint density at radius 1 is 1.55 bits per heavy atom. The summed E-state index contributed by atoms with van der Waals surface area (Å²) in [5, 5.41) is 9.22. The van der Waals surface area contributed by atoms with E-state index in [9.17, 15) is 5.11 Å². The van der Waals surface area contributed by atoms with Crippen molar-refractivity contribution in [2.75, 3.05) is 6.54 Å². The monoisotopic (exact) mass is 272 g/mol. The number of aliphatic hydroxyl groups is 1. The van der Waals surface area contributed by atoms with Crippen molar-refractivity contribution in [1.29, 1.82) is 0 Å². The molecule has 0 aromatic heterocycles. The molecule has 0 aliphatic heterocycles. The van der Waals surface area contributed by atoms with Crippen molar-refractivity contribution in [3.05, 3.63) is 0 Å². The van der Waals surface area contributed by atoms with Crippen LogP contribution in [0, 0.1) is 0 Å². The van der Waals surface area contributed by atoms with Gasteiger partial charge in [-0.25, -0.2) is 0 Å². The average Bonchev–Trinajstić information content (AvgIpc) is 1.59. The smallest absolute Gasteiger partial charge is 0.0905 e. The summed E-state index contributed by atoms with van der Waals surface area (Å²) in [5.74, 6) is 0.573. The van der Waals surface area contributed by atoms with Crippen LogP contribution in [-0.4, -0.2) is 23.1 Å². The third-order valence-electron chi connectivity index (χ3n) is 1.08. The average molecular weight is 272 g/mol.